The summed E-state index contributed by atoms with van der Waals surface area (Å²) in [5.41, 5.74) is 2.45. The minimum atomic E-state index is -0.670. The van der Waals surface area contributed by atoms with Gasteiger partial charge in [-0.15, -0.1) is 0 Å². The van der Waals surface area contributed by atoms with Gasteiger partial charge < -0.3 is 10.2 Å². The quantitative estimate of drug-likeness (QED) is 0.459. The summed E-state index contributed by atoms with van der Waals surface area (Å²) >= 11 is 0. The fourth-order valence-corrected chi connectivity index (χ4v) is 4.84. The Morgan fingerprint density at radius 1 is 0.971 bits per heavy atom. The van der Waals surface area contributed by atoms with Crippen LogP contribution in [0.3, 0.4) is 0 Å². The number of benzene rings is 3. The van der Waals surface area contributed by atoms with Gasteiger partial charge in [-0.05, 0) is 61.4 Å². The molecule has 2 aliphatic rings. The topological polar surface area (TPSA) is 67.2 Å². The molecule has 3 aromatic carbocycles. The molecule has 0 bridgehead atoms. The molecule has 2 atom stereocenters. The lowest BCUT2D eigenvalue weighted by Gasteiger charge is -2.29. The van der Waals surface area contributed by atoms with Crippen molar-refractivity contribution in [2.24, 2.45) is 5.92 Å². The molecule has 1 saturated heterocycles. The van der Waals surface area contributed by atoms with E-state index in [4.69, 9.17) is 0 Å². The highest BCUT2D eigenvalue weighted by Gasteiger charge is 2.45. The molecule has 1 saturated carbocycles. The maximum Gasteiger partial charge on any atom is 0.229 e. The number of fused-ring (bicyclic) bond motifs is 1. The maximum atomic E-state index is 14.9. The molecular weight excluding hydrogens is 450 g/mol. The van der Waals surface area contributed by atoms with E-state index in [1.54, 1.807) is 52.2 Å². The molecule has 2 fully saturated rings. The van der Waals surface area contributed by atoms with E-state index in [2.05, 4.69) is 10.4 Å². The summed E-state index contributed by atoms with van der Waals surface area (Å²) in [5.74, 6) is -1.05. The van der Waals surface area contributed by atoms with Gasteiger partial charge in [0.05, 0.1) is 29.5 Å². The Hall–Kier alpha value is -4.07. The molecule has 4 aromatic rings. The lowest BCUT2D eigenvalue weighted by molar-refractivity contribution is -0.123. The van der Waals surface area contributed by atoms with Crippen molar-refractivity contribution in [1.82, 2.24) is 15.1 Å². The van der Waals surface area contributed by atoms with Crippen LogP contribution >= 0.6 is 0 Å². The summed E-state index contributed by atoms with van der Waals surface area (Å²) in [4.78, 5) is 27.3. The SMILES string of the molecule is O=C(N[C@H]1CC(=O)N(c2ccc3c(cnn3-c3ccc(F)cc3)c2)[C@@H]1c1ccccc1F)C1CC1. The molecule has 2 amide bonds. The first-order valence-electron chi connectivity index (χ1n) is 11.6. The number of nitrogens with zero attached hydrogens (tertiary/aromatic N) is 3. The Balaban J connectivity index is 1.39. The fourth-order valence-electron chi connectivity index (χ4n) is 4.84. The normalized spacial score (nSPS) is 19.9. The van der Waals surface area contributed by atoms with Crippen molar-refractivity contribution in [2.45, 2.75) is 31.3 Å². The maximum absolute atomic E-state index is 14.9. The van der Waals surface area contributed by atoms with Crippen molar-refractivity contribution in [3.63, 3.8) is 0 Å². The monoisotopic (exact) mass is 472 g/mol. The number of hydrogen-bond acceptors (Lipinski definition) is 3. The van der Waals surface area contributed by atoms with Crippen LogP contribution < -0.4 is 10.2 Å². The van der Waals surface area contributed by atoms with Crippen LogP contribution in [0.4, 0.5) is 14.5 Å². The van der Waals surface area contributed by atoms with Gasteiger partial charge in [0.25, 0.3) is 0 Å². The smallest absolute Gasteiger partial charge is 0.229 e. The van der Waals surface area contributed by atoms with E-state index in [0.717, 1.165) is 23.7 Å². The molecule has 1 aliphatic heterocycles. The van der Waals surface area contributed by atoms with Crippen molar-refractivity contribution >= 4 is 28.4 Å². The van der Waals surface area contributed by atoms with Crippen LogP contribution in [0.15, 0.2) is 72.9 Å². The van der Waals surface area contributed by atoms with Gasteiger partial charge in [0, 0.05) is 29.0 Å². The third kappa shape index (κ3) is 3.84. The van der Waals surface area contributed by atoms with E-state index in [1.807, 2.05) is 12.1 Å². The molecule has 8 heteroatoms. The summed E-state index contributed by atoms with van der Waals surface area (Å²) in [6.07, 6.45) is 3.45. The number of rotatable bonds is 5. The summed E-state index contributed by atoms with van der Waals surface area (Å²) < 4.78 is 30.0. The van der Waals surface area contributed by atoms with E-state index < -0.39 is 17.9 Å². The molecule has 176 valence electrons. The van der Waals surface area contributed by atoms with Crippen molar-refractivity contribution in [3.05, 3.63) is 90.1 Å². The molecule has 2 heterocycles. The standard InChI is InChI=1S/C27H22F2N4O2/c28-18-7-9-19(10-8-18)33-24-12-11-20(13-17(24)15-30-33)32-25(34)14-23(31-27(35)16-5-6-16)26(32)21-3-1-2-4-22(21)29/h1-4,7-13,15-16,23,26H,5-6,14H2,(H,31,35)/t23-,26+/m0/s1. The first kappa shape index (κ1) is 21.5. The van der Waals surface area contributed by atoms with Gasteiger partial charge >= 0.3 is 0 Å². The predicted molar refractivity (Wildman–Crippen MR) is 127 cm³/mol. The number of halogens is 2. The number of amides is 2. The zero-order chi connectivity index (χ0) is 24.1. The van der Waals surface area contributed by atoms with Crippen LogP contribution in [0, 0.1) is 17.6 Å². The molecule has 1 aliphatic carbocycles. The summed E-state index contributed by atoms with van der Waals surface area (Å²) in [6, 6.07) is 16.6. The van der Waals surface area contributed by atoms with Crippen molar-refractivity contribution in [3.8, 4) is 5.69 Å². The molecule has 0 spiro atoms. The number of hydrogen-bond donors (Lipinski definition) is 1. The summed E-state index contributed by atoms with van der Waals surface area (Å²) in [5, 5.41) is 8.20. The molecule has 0 radical (unpaired) electrons. The van der Waals surface area contributed by atoms with Crippen LogP contribution in [0.25, 0.3) is 16.6 Å². The van der Waals surface area contributed by atoms with Gasteiger partial charge in [-0.2, -0.15) is 5.10 Å². The first-order valence-corrected chi connectivity index (χ1v) is 11.6. The van der Waals surface area contributed by atoms with Gasteiger partial charge in [-0.1, -0.05) is 18.2 Å². The van der Waals surface area contributed by atoms with Gasteiger partial charge in [0.15, 0.2) is 0 Å². The fraction of sp³-hybridized carbons (Fsp3) is 0.222. The Morgan fingerprint density at radius 3 is 2.46 bits per heavy atom. The van der Waals surface area contributed by atoms with Gasteiger partial charge in [-0.3, -0.25) is 9.59 Å². The van der Waals surface area contributed by atoms with Crippen LogP contribution in [-0.4, -0.2) is 27.6 Å². The van der Waals surface area contributed by atoms with Crippen molar-refractivity contribution < 1.29 is 18.4 Å². The number of nitrogens with one attached hydrogen (secondary N) is 1. The van der Waals surface area contributed by atoms with Crippen molar-refractivity contribution in [2.75, 3.05) is 4.90 Å². The highest BCUT2D eigenvalue weighted by molar-refractivity contribution is 6.00. The molecule has 6 rings (SSSR count). The van der Waals surface area contributed by atoms with E-state index in [-0.39, 0.29) is 30.0 Å². The number of anilines is 1. The lowest BCUT2D eigenvalue weighted by Crippen LogP contribution is -2.41. The second kappa shape index (κ2) is 8.30. The number of carbonyl (C=O) groups excluding carboxylic acids is 2. The van der Waals surface area contributed by atoms with Crippen LogP contribution in [0.2, 0.25) is 0 Å². The molecule has 35 heavy (non-hydrogen) atoms. The molecule has 1 aromatic heterocycles. The third-order valence-corrected chi connectivity index (χ3v) is 6.72. The second-order valence-corrected chi connectivity index (χ2v) is 9.10. The van der Waals surface area contributed by atoms with Crippen LogP contribution in [0.1, 0.15) is 30.9 Å². The van der Waals surface area contributed by atoms with Gasteiger partial charge in [0.2, 0.25) is 11.8 Å². The Morgan fingerprint density at radius 2 is 1.71 bits per heavy atom. The molecule has 0 unspecified atom stereocenters. The molecule has 1 N–H and O–H groups in total. The van der Waals surface area contributed by atoms with Crippen molar-refractivity contribution in [1.29, 1.82) is 0 Å². The first-order chi connectivity index (χ1) is 17.0. The highest BCUT2D eigenvalue weighted by Crippen LogP contribution is 2.40. The highest BCUT2D eigenvalue weighted by atomic mass is 19.1. The Labute approximate surface area is 200 Å². The van der Waals surface area contributed by atoms with Crippen LogP contribution in [0.5, 0.6) is 0 Å². The van der Waals surface area contributed by atoms with E-state index in [1.165, 1.54) is 18.2 Å². The average molecular weight is 472 g/mol. The zero-order valence-electron chi connectivity index (χ0n) is 18.7. The minimum Gasteiger partial charge on any atom is -0.350 e. The number of carbonyl (C=O) groups is 2. The van der Waals surface area contributed by atoms with E-state index in [9.17, 15) is 18.4 Å². The zero-order valence-corrected chi connectivity index (χ0v) is 18.7. The van der Waals surface area contributed by atoms with Gasteiger partial charge in [-0.25, -0.2) is 13.5 Å². The van der Waals surface area contributed by atoms with E-state index >= 15 is 0 Å². The largest absolute Gasteiger partial charge is 0.350 e. The summed E-state index contributed by atoms with van der Waals surface area (Å²) in [6.45, 7) is 0. The van der Waals surface area contributed by atoms with E-state index in [0.29, 0.717) is 16.9 Å². The predicted octanol–water partition coefficient (Wildman–Crippen LogP) is 4.68. The lowest BCUT2D eigenvalue weighted by atomic mass is 9.98. The third-order valence-electron chi connectivity index (χ3n) is 6.72. The average Bonchev–Trinajstić information content (AvgIpc) is 3.55. The molecule has 6 nitrogen and oxygen atoms in total. The molecular formula is C27H22F2N4O2. The minimum absolute atomic E-state index is 0.0194. The summed E-state index contributed by atoms with van der Waals surface area (Å²) in [7, 11) is 0. The van der Waals surface area contributed by atoms with Gasteiger partial charge in [0.1, 0.15) is 11.6 Å². The van der Waals surface area contributed by atoms with Crippen LogP contribution in [-0.2, 0) is 9.59 Å². The second-order valence-electron chi connectivity index (χ2n) is 9.10. The Bertz CT molecular complexity index is 1450. The number of aromatic nitrogens is 2. The Kier molecular flexibility index (Phi) is 5.09.